The van der Waals surface area contributed by atoms with E-state index in [4.69, 9.17) is 9.84 Å². The highest BCUT2D eigenvalue weighted by atomic mass is 32.3. The highest BCUT2D eigenvalue weighted by molar-refractivity contribution is 8.39. The second kappa shape index (κ2) is 6.64. The Balaban J connectivity index is 1.95. The molecule has 6 nitrogen and oxygen atoms in total. The number of amides is 1. The number of carbonyl (C=O) groups excluding carboxylic acids is 2. The number of ether oxygens (including phenoxy) is 1. The van der Waals surface area contributed by atoms with E-state index in [2.05, 4.69) is 5.32 Å². The van der Waals surface area contributed by atoms with Crippen molar-refractivity contribution in [3.63, 3.8) is 0 Å². The van der Waals surface area contributed by atoms with E-state index in [1.807, 2.05) is 0 Å². The molecule has 2 aliphatic rings. The van der Waals surface area contributed by atoms with E-state index in [0.29, 0.717) is 17.4 Å². The van der Waals surface area contributed by atoms with Crippen LogP contribution in [0.1, 0.15) is 19.8 Å². The molecular formula is C12H15NO5S2. The van der Waals surface area contributed by atoms with Crippen molar-refractivity contribution in [1.29, 1.82) is 0 Å². The number of rotatable bonds is 5. The monoisotopic (exact) mass is 317 g/mol. The molecule has 2 N–H and O–H groups in total. The van der Waals surface area contributed by atoms with Gasteiger partial charge in [-0.1, -0.05) is 23.5 Å². The highest BCUT2D eigenvalue weighted by Crippen LogP contribution is 2.52. The highest BCUT2D eigenvalue weighted by Gasteiger charge is 2.37. The molecule has 20 heavy (non-hydrogen) atoms. The Labute approximate surface area is 124 Å². The molecule has 2 heterocycles. The average Bonchev–Trinajstić information content (AvgIpc) is 2.81. The van der Waals surface area contributed by atoms with Crippen molar-refractivity contribution < 1.29 is 24.2 Å². The van der Waals surface area contributed by atoms with Gasteiger partial charge < -0.3 is 15.2 Å². The van der Waals surface area contributed by atoms with Crippen molar-refractivity contribution in [3.05, 3.63) is 9.81 Å². The van der Waals surface area contributed by atoms with Crippen LogP contribution in [0.25, 0.3) is 0 Å². The Hall–Kier alpha value is -0.990. The first-order valence-electron chi connectivity index (χ1n) is 6.20. The van der Waals surface area contributed by atoms with Gasteiger partial charge in [-0.25, -0.2) is 0 Å². The van der Waals surface area contributed by atoms with Crippen LogP contribution in [0, 0.1) is 0 Å². The number of carboxylic acid groups (broad SMARTS) is 1. The van der Waals surface area contributed by atoms with Crippen LogP contribution in [-0.2, 0) is 19.1 Å². The number of hydrogen-bond acceptors (Lipinski definition) is 6. The molecule has 8 heteroatoms. The van der Waals surface area contributed by atoms with Crippen molar-refractivity contribution >= 4 is 41.2 Å². The lowest BCUT2D eigenvalue weighted by atomic mass is 10.2. The lowest BCUT2D eigenvalue weighted by molar-refractivity contribution is -0.134. The Kier molecular flexibility index (Phi) is 5.11. The van der Waals surface area contributed by atoms with Crippen LogP contribution in [-0.4, -0.2) is 46.6 Å². The molecule has 2 saturated heterocycles. The summed E-state index contributed by atoms with van der Waals surface area (Å²) in [6.07, 6.45) is 1.88. The summed E-state index contributed by atoms with van der Waals surface area (Å²) >= 11 is 2.07. The molecular weight excluding hydrogens is 302 g/mol. The minimum absolute atomic E-state index is 0.00521. The molecule has 0 spiro atoms. The van der Waals surface area contributed by atoms with Crippen molar-refractivity contribution in [2.24, 2.45) is 0 Å². The molecule has 2 aliphatic heterocycles. The van der Waals surface area contributed by atoms with E-state index < -0.39 is 16.5 Å². The molecule has 0 saturated carbocycles. The van der Waals surface area contributed by atoms with E-state index in [1.165, 1.54) is 6.92 Å². The number of Topliss-reactive ketones (excluding diaryl/α,β-unsaturated/α-hetero) is 1. The summed E-state index contributed by atoms with van der Waals surface area (Å²) in [6, 6.07) is 0. The van der Waals surface area contributed by atoms with Crippen LogP contribution in [0.2, 0.25) is 0 Å². The van der Waals surface area contributed by atoms with Gasteiger partial charge in [0.15, 0.2) is 10.4 Å². The first-order chi connectivity index (χ1) is 9.49. The zero-order valence-corrected chi connectivity index (χ0v) is 12.5. The Morgan fingerprint density at radius 1 is 1.40 bits per heavy atom. The minimum Gasteiger partial charge on any atom is -0.480 e. The molecule has 0 aromatic carbocycles. The van der Waals surface area contributed by atoms with Gasteiger partial charge >= 0.3 is 5.97 Å². The molecule has 2 rings (SSSR count). The molecule has 0 radical (unpaired) electrons. The maximum Gasteiger partial charge on any atom is 0.327 e. The number of aliphatic carboxylic acids is 1. The van der Waals surface area contributed by atoms with E-state index in [1.54, 1.807) is 0 Å². The molecule has 0 aliphatic carbocycles. The van der Waals surface area contributed by atoms with Gasteiger partial charge in [0.05, 0.1) is 10.3 Å². The quantitative estimate of drug-likeness (QED) is 0.443. The van der Waals surface area contributed by atoms with Gasteiger partial charge in [-0.3, -0.25) is 14.4 Å². The number of thioether (sulfide) groups is 2. The van der Waals surface area contributed by atoms with Crippen molar-refractivity contribution in [2.45, 2.75) is 30.5 Å². The normalized spacial score (nSPS) is 24.9. The third-order valence-corrected chi connectivity index (χ3v) is 5.75. The fourth-order valence-corrected chi connectivity index (χ4v) is 4.10. The molecule has 1 amide bonds. The van der Waals surface area contributed by atoms with Crippen LogP contribution < -0.4 is 5.32 Å². The number of ketones is 1. The summed E-state index contributed by atoms with van der Waals surface area (Å²) in [6.45, 7) is 2.39. The summed E-state index contributed by atoms with van der Waals surface area (Å²) in [5.41, 5.74) is 0.0514. The van der Waals surface area contributed by atoms with Crippen molar-refractivity contribution in [3.8, 4) is 0 Å². The third-order valence-electron chi connectivity index (χ3n) is 2.93. The zero-order chi connectivity index (χ0) is 14.7. The van der Waals surface area contributed by atoms with E-state index >= 15 is 0 Å². The van der Waals surface area contributed by atoms with Crippen molar-refractivity contribution in [1.82, 2.24) is 5.32 Å². The standard InChI is InChI=1S/C12H15NO5S2/c1-6(14)8(11-19-12(20-11)10(16)17)9(15)13-5-7-3-2-4-18-7/h7,12H,2-5H2,1H3,(H,13,15)(H,16,17)/t7-,12?/m1/s1. The molecule has 0 aromatic heterocycles. The van der Waals surface area contributed by atoms with Crippen LogP contribution in [0.4, 0.5) is 0 Å². The van der Waals surface area contributed by atoms with Crippen LogP contribution in [0.5, 0.6) is 0 Å². The van der Waals surface area contributed by atoms with Gasteiger partial charge in [0.25, 0.3) is 5.91 Å². The minimum atomic E-state index is -0.952. The molecule has 0 aromatic rings. The largest absolute Gasteiger partial charge is 0.480 e. The number of nitrogens with one attached hydrogen (secondary N) is 1. The van der Waals surface area contributed by atoms with Gasteiger partial charge in [-0.2, -0.15) is 0 Å². The number of carboxylic acids is 1. The van der Waals surface area contributed by atoms with Gasteiger partial charge in [0.2, 0.25) is 0 Å². The molecule has 0 unspecified atom stereocenters. The summed E-state index contributed by atoms with van der Waals surface area (Å²) in [5.74, 6) is -1.76. The summed E-state index contributed by atoms with van der Waals surface area (Å²) in [5, 5.41) is 11.5. The van der Waals surface area contributed by atoms with Crippen LogP contribution in [0.3, 0.4) is 0 Å². The van der Waals surface area contributed by atoms with E-state index in [-0.39, 0.29) is 17.5 Å². The third kappa shape index (κ3) is 3.56. The summed E-state index contributed by atoms with van der Waals surface area (Å²) in [7, 11) is 0. The molecule has 0 bridgehead atoms. The fraction of sp³-hybridized carbons (Fsp3) is 0.583. The first-order valence-corrected chi connectivity index (χ1v) is 7.96. The molecule has 1 atom stereocenters. The van der Waals surface area contributed by atoms with Crippen molar-refractivity contribution in [2.75, 3.05) is 13.2 Å². The summed E-state index contributed by atoms with van der Waals surface area (Å²) < 4.78 is 5.24. The predicted molar refractivity (Wildman–Crippen MR) is 76.3 cm³/mol. The van der Waals surface area contributed by atoms with Crippen LogP contribution >= 0.6 is 23.5 Å². The number of hydrogen-bond donors (Lipinski definition) is 2. The zero-order valence-electron chi connectivity index (χ0n) is 10.9. The Morgan fingerprint density at radius 3 is 2.60 bits per heavy atom. The second-order valence-corrected chi connectivity index (χ2v) is 7.26. The van der Waals surface area contributed by atoms with Gasteiger partial charge in [0.1, 0.15) is 5.57 Å². The summed E-state index contributed by atoms with van der Waals surface area (Å²) in [4.78, 5) is 34.3. The Morgan fingerprint density at radius 2 is 2.10 bits per heavy atom. The smallest absolute Gasteiger partial charge is 0.327 e. The first kappa shape index (κ1) is 15.4. The molecule has 110 valence electrons. The second-order valence-electron chi connectivity index (χ2n) is 4.47. The van der Waals surface area contributed by atoms with Gasteiger partial charge in [-0.05, 0) is 19.8 Å². The maximum absolute atomic E-state index is 12.0. The Bertz CT molecular complexity index is 462. The van der Waals surface area contributed by atoms with Gasteiger partial charge in [-0.15, -0.1) is 0 Å². The van der Waals surface area contributed by atoms with E-state index in [0.717, 1.165) is 36.4 Å². The molecule has 2 fully saturated rings. The van der Waals surface area contributed by atoms with Gasteiger partial charge in [0, 0.05) is 13.2 Å². The lowest BCUT2D eigenvalue weighted by Gasteiger charge is -2.25. The average molecular weight is 317 g/mol. The topological polar surface area (TPSA) is 92.7 Å². The fourth-order valence-electron chi connectivity index (χ4n) is 1.92. The van der Waals surface area contributed by atoms with Crippen LogP contribution in [0.15, 0.2) is 9.81 Å². The SMILES string of the molecule is CC(=O)C(C(=O)NC[C@H]1CCCO1)=C1SC(C(=O)O)S1. The lowest BCUT2D eigenvalue weighted by Crippen LogP contribution is -2.35. The predicted octanol–water partition coefficient (Wildman–Crippen LogP) is 0.973. The van der Waals surface area contributed by atoms with E-state index in [9.17, 15) is 14.4 Å². The maximum atomic E-state index is 12.0. The number of carbonyl (C=O) groups is 3.